The van der Waals surface area contributed by atoms with E-state index in [9.17, 15) is 14.7 Å². The van der Waals surface area contributed by atoms with Gasteiger partial charge in [-0.25, -0.2) is 9.59 Å². The summed E-state index contributed by atoms with van der Waals surface area (Å²) in [6.45, 7) is 7.09. The van der Waals surface area contributed by atoms with Gasteiger partial charge in [-0.15, -0.1) is 0 Å². The molecule has 2 amide bonds. The Hall–Kier alpha value is -2.44. The monoisotopic (exact) mass is 506 g/mol. The van der Waals surface area contributed by atoms with Crippen LogP contribution in [0.2, 0.25) is 10.0 Å². The number of carbonyl (C=O) groups excluding carboxylic acids is 1. The molecule has 0 aromatic heterocycles. The molecule has 0 aliphatic carbocycles. The van der Waals surface area contributed by atoms with Crippen LogP contribution in [0.5, 0.6) is 5.75 Å². The van der Waals surface area contributed by atoms with Crippen LogP contribution in [0.4, 0.5) is 4.79 Å². The number of aliphatic carboxylic acids is 1. The van der Waals surface area contributed by atoms with Crippen molar-refractivity contribution >= 4 is 35.2 Å². The minimum absolute atomic E-state index is 0.0699. The van der Waals surface area contributed by atoms with E-state index in [1.165, 1.54) is 13.8 Å². The maximum atomic E-state index is 13.0. The van der Waals surface area contributed by atoms with Gasteiger partial charge in [0.1, 0.15) is 5.75 Å². The first-order chi connectivity index (χ1) is 16.1. The molecular weight excluding hydrogens is 475 g/mol. The van der Waals surface area contributed by atoms with Gasteiger partial charge in [0.05, 0.1) is 16.1 Å². The molecule has 0 spiro atoms. The molecule has 184 valence electrons. The van der Waals surface area contributed by atoms with E-state index in [1.54, 1.807) is 6.07 Å². The molecule has 1 unspecified atom stereocenters. The second-order valence-corrected chi connectivity index (χ2v) is 10.0. The van der Waals surface area contributed by atoms with Crippen LogP contribution in [-0.4, -0.2) is 51.6 Å². The van der Waals surface area contributed by atoms with Crippen LogP contribution in [-0.2, 0) is 17.8 Å². The number of nitrogens with zero attached hydrogens (tertiary/aromatic N) is 2. The number of hydrogen-bond donors (Lipinski definition) is 1. The molecule has 1 saturated heterocycles. The van der Waals surface area contributed by atoms with E-state index in [2.05, 4.69) is 6.92 Å². The number of benzene rings is 2. The molecule has 8 heteroatoms. The van der Waals surface area contributed by atoms with E-state index in [0.29, 0.717) is 28.9 Å². The van der Waals surface area contributed by atoms with Crippen molar-refractivity contribution in [3.63, 3.8) is 0 Å². The summed E-state index contributed by atoms with van der Waals surface area (Å²) >= 11 is 12.2. The third-order valence-corrected chi connectivity index (χ3v) is 6.76. The van der Waals surface area contributed by atoms with Crippen molar-refractivity contribution < 1.29 is 19.4 Å². The zero-order chi connectivity index (χ0) is 24.9. The lowest BCUT2D eigenvalue weighted by molar-refractivity contribution is -0.152. The lowest BCUT2D eigenvalue weighted by atomic mass is 10.0. The Kier molecular flexibility index (Phi) is 8.72. The Morgan fingerprint density at radius 1 is 1.12 bits per heavy atom. The Labute approximate surface area is 211 Å². The van der Waals surface area contributed by atoms with Crippen LogP contribution in [0.3, 0.4) is 0 Å². The fourth-order valence-electron chi connectivity index (χ4n) is 4.13. The topological polar surface area (TPSA) is 70.1 Å². The smallest absolute Gasteiger partial charge is 0.347 e. The average Bonchev–Trinajstić information content (AvgIpc) is 3.06. The highest BCUT2D eigenvalue weighted by atomic mass is 35.5. The molecule has 1 N–H and O–H groups in total. The normalized spacial score (nSPS) is 16.3. The van der Waals surface area contributed by atoms with E-state index < -0.39 is 11.6 Å². The molecule has 6 nitrogen and oxygen atoms in total. The number of ether oxygens (including phenoxy) is 1. The number of urea groups is 1. The minimum Gasteiger partial charge on any atom is -0.478 e. The number of carboxylic acids is 1. The summed E-state index contributed by atoms with van der Waals surface area (Å²) in [5.41, 5.74) is 0.843. The van der Waals surface area contributed by atoms with Crippen molar-refractivity contribution in [2.24, 2.45) is 0 Å². The largest absolute Gasteiger partial charge is 0.478 e. The van der Waals surface area contributed by atoms with E-state index >= 15 is 0 Å². The highest BCUT2D eigenvalue weighted by Gasteiger charge is 2.36. The van der Waals surface area contributed by atoms with Gasteiger partial charge in [-0.3, -0.25) is 0 Å². The molecule has 1 aliphatic heterocycles. The fraction of sp³-hybridized carbons (Fsp3) is 0.462. The first-order valence-electron chi connectivity index (χ1n) is 11.6. The summed E-state index contributed by atoms with van der Waals surface area (Å²) in [6, 6.07) is 13.3. The van der Waals surface area contributed by atoms with Crippen molar-refractivity contribution in [3.8, 4) is 5.75 Å². The summed E-state index contributed by atoms with van der Waals surface area (Å²) in [4.78, 5) is 28.1. The second-order valence-electron chi connectivity index (χ2n) is 9.21. The lowest BCUT2D eigenvalue weighted by Crippen LogP contribution is -2.37. The molecule has 34 heavy (non-hydrogen) atoms. The highest BCUT2D eigenvalue weighted by molar-refractivity contribution is 6.42. The number of amides is 2. The summed E-state index contributed by atoms with van der Waals surface area (Å²) in [5, 5.41) is 10.2. The first kappa shape index (κ1) is 26.2. The van der Waals surface area contributed by atoms with Gasteiger partial charge in [0.25, 0.3) is 0 Å². The Morgan fingerprint density at radius 3 is 2.41 bits per heavy atom. The predicted octanol–water partition coefficient (Wildman–Crippen LogP) is 6.27. The average molecular weight is 507 g/mol. The molecule has 0 radical (unpaired) electrons. The highest BCUT2D eigenvalue weighted by Crippen LogP contribution is 2.27. The van der Waals surface area contributed by atoms with Crippen LogP contribution in [0, 0.1) is 0 Å². The Bertz CT molecular complexity index is 1010. The van der Waals surface area contributed by atoms with Gasteiger partial charge in [-0.2, -0.15) is 0 Å². The van der Waals surface area contributed by atoms with Crippen molar-refractivity contribution in [3.05, 3.63) is 63.6 Å². The van der Waals surface area contributed by atoms with Gasteiger partial charge >= 0.3 is 12.0 Å². The zero-order valence-corrected chi connectivity index (χ0v) is 21.4. The SMILES string of the molecule is CCCN1C(=O)N(Cc2ccc(Cl)c(Cl)c2)CC1CCCc1ccc(OC(C)(C)C(=O)O)cc1. The number of carboxylic acid groups (broad SMARTS) is 1. The molecule has 1 fully saturated rings. The maximum Gasteiger partial charge on any atom is 0.347 e. The number of halogens is 2. The number of hydrogen-bond acceptors (Lipinski definition) is 3. The summed E-state index contributed by atoms with van der Waals surface area (Å²) in [6.07, 6.45) is 3.64. The van der Waals surface area contributed by atoms with Gasteiger partial charge in [0.15, 0.2) is 5.60 Å². The van der Waals surface area contributed by atoms with Gasteiger partial charge in [0, 0.05) is 19.6 Å². The number of carbonyl (C=O) groups is 2. The summed E-state index contributed by atoms with van der Waals surface area (Å²) in [7, 11) is 0. The molecule has 1 heterocycles. The van der Waals surface area contributed by atoms with Crippen LogP contribution in [0.25, 0.3) is 0 Å². The third kappa shape index (κ3) is 6.57. The van der Waals surface area contributed by atoms with Gasteiger partial charge < -0.3 is 19.6 Å². The van der Waals surface area contributed by atoms with Crippen LogP contribution in [0.15, 0.2) is 42.5 Å². The fourth-order valence-corrected chi connectivity index (χ4v) is 4.45. The van der Waals surface area contributed by atoms with Crippen molar-refractivity contribution in [1.82, 2.24) is 9.80 Å². The molecule has 3 rings (SSSR count). The van der Waals surface area contributed by atoms with Crippen molar-refractivity contribution in [2.75, 3.05) is 13.1 Å². The van der Waals surface area contributed by atoms with Gasteiger partial charge in [-0.1, -0.05) is 48.3 Å². The van der Waals surface area contributed by atoms with E-state index in [-0.39, 0.29) is 12.1 Å². The van der Waals surface area contributed by atoms with Crippen molar-refractivity contribution in [1.29, 1.82) is 0 Å². The molecule has 1 aliphatic rings. The summed E-state index contributed by atoms with van der Waals surface area (Å²) < 4.78 is 5.57. The van der Waals surface area contributed by atoms with Crippen molar-refractivity contribution in [2.45, 2.75) is 64.6 Å². The standard InChI is InChI=1S/C26H32Cl2N2O4/c1-4-14-30-20(17-29(25(30)33)16-19-10-13-22(27)23(28)15-19)7-5-6-18-8-11-21(12-9-18)34-26(2,3)24(31)32/h8-13,15,20H,4-7,14,16-17H2,1-3H3,(H,31,32). The molecular formula is C26H32Cl2N2O4. The number of aryl methyl sites for hydroxylation is 1. The van der Waals surface area contributed by atoms with E-state index in [4.69, 9.17) is 27.9 Å². The molecule has 0 saturated carbocycles. The van der Waals surface area contributed by atoms with Crippen LogP contribution in [0.1, 0.15) is 51.2 Å². The zero-order valence-electron chi connectivity index (χ0n) is 19.9. The molecule has 2 aromatic rings. The van der Waals surface area contributed by atoms with Gasteiger partial charge in [0.2, 0.25) is 0 Å². The first-order valence-corrected chi connectivity index (χ1v) is 12.4. The minimum atomic E-state index is -1.28. The van der Waals surface area contributed by atoms with E-state index in [0.717, 1.165) is 43.4 Å². The molecule has 0 bridgehead atoms. The second kappa shape index (κ2) is 11.3. The quantitative estimate of drug-likeness (QED) is 0.389. The molecule has 1 atom stereocenters. The number of rotatable bonds is 11. The predicted molar refractivity (Wildman–Crippen MR) is 135 cm³/mol. The Morgan fingerprint density at radius 2 is 1.79 bits per heavy atom. The van der Waals surface area contributed by atoms with Crippen LogP contribution >= 0.6 is 23.2 Å². The third-order valence-electron chi connectivity index (χ3n) is 6.02. The lowest BCUT2D eigenvalue weighted by Gasteiger charge is -2.23. The van der Waals surface area contributed by atoms with Crippen LogP contribution < -0.4 is 4.74 Å². The van der Waals surface area contributed by atoms with E-state index in [1.807, 2.05) is 46.2 Å². The molecule has 2 aromatic carbocycles. The summed E-state index contributed by atoms with van der Waals surface area (Å²) in [5.74, 6) is -0.475. The Balaban J connectivity index is 1.56. The maximum absolute atomic E-state index is 13.0. The van der Waals surface area contributed by atoms with Gasteiger partial charge in [-0.05, 0) is 74.9 Å².